The third-order valence-corrected chi connectivity index (χ3v) is 3.05. The molecular formula is C10H13ClIN. The molecule has 1 aliphatic heterocycles. The Kier molecular flexibility index (Phi) is 4.49. The van der Waals surface area contributed by atoms with Crippen LogP contribution in [-0.4, -0.2) is 6.54 Å². The van der Waals surface area contributed by atoms with Crippen molar-refractivity contribution in [3.8, 4) is 0 Å². The Bertz CT molecular complexity index is 254. The molecule has 1 aliphatic rings. The minimum absolute atomic E-state index is 0. The van der Waals surface area contributed by atoms with Crippen LogP contribution in [0.25, 0.3) is 0 Å². The molecule has 0 bridgehead atoms. The average molecular weight is 310 g/mol. The third-order valence-electron chi connectivity index (χ3n) is 2.33. The van der Waals surface area contributed by atoms with Gasteiger partial charge in [0.25, 0.3) is 0 Å². The predicted molar refractivity (Wildman–Crippen MR) is 66.4 cm³/mol. The monoisotopic (exact) mass is 309 g/mol. The normalized spacial score (nSPS) is 21.2. The van der Waals surface area contributed by atoms with Crippen LogP contribution in [-0.2, 0) is 0 Å². The lowest BCUT2D eigenvalue weighted by Crippen LogP contribution is -2.12. The standard InChI is InChI=1S/C10H12IN.ClH/c11-9-5-3-8(4-6-9)10-2-1-7-12-10;/h3-6,10,12H,1-2,7H2;1H/t10-;/m1./s1. The molecule has 0 aliphatic carbocycles. The smallest absolute Gasteiger partial charge is 0.0320 e. The van der Waals surface area contributed by atoms with Crippen LogP contribution < -0.4 is 5.32 Å². The summed E-state index contributed by atoms with van der Waals surface area (Å²) in [4.78, 5) is 0. The predicted octanol–water partition coefficient (Wildman–Crippen LogP) is 3.14. The molecule has 0 unspecified atom stereocenters. The molecule has 0 amide bonds. The van der Waals surface area contributed by atoms with E-state index in [1.807, 2.05) is 0 Å². The lowest BCUT2D eigenvalue weighted by atomic mass is 10.1. The average Bonchev–Trinajstić information content (AvgIpc) is 2.58. The van der Waals surface area contributed by atoms with E-state index in [4.69, 9.17) is 0 Å². The van der Waals surface area contributed by atoms with Crippen LogP contribution >= 0.6 is 35.0 Å². The van der Waals surface area contributed by atoms with Crippen molar-refractivity contribution in [2.45, 2.75) is 18.9 Å². The van der Waals surface area contributed by atoms with Gasteiger partial charge in [-0.15, -0.1) is 12.4 Å². The van der Waals surface area contributed by atoms with E-state index in [1.165, 1.54) is 28.5 Å². The Morgan fingerprint density at radius 1 is 1.23 bits per heavy atom. The van der Waals surface area contributed by atoms with E-state index in [2.05, 4.69) is 52.2 Å². The van der Waals surface area contributed by atoms with Crippen LogP contribution in [0.5, 0.6) is 0 Å². The summed E-state index contributed by atoms with van der Waals surface area (Å²) in [6.07, 6.45) is 2.61. The van der Waals surface area contributed by atoms with E-state index in [-0.39, 0.29) is 12.4 Å². The number of hydrogen-bond acceptors (Lipinski definition) is 1. The lowest BCUT2D eigenvalue weighted by Gasteiger charge is -2.09. The molecule has 1 fully saturated rings. The van der Waals surface area contributed by atoms with E-state index < -0.39 is 0 Å². The molecule has 1 atom stereocenters. The summed E-state index contributed by atoms with van der Waals surface area (Å²) in [6, 6.07) is 9.42. The first-order valence-corrected chi connectivity index (χ1v) is 5.43. The number of halogens is 2. The number of nitrogens with one attached hydrogen (secondary N) is 1. The quantitative estimate of drug-likeness (QED) is 0.786. The van der Waals surface area contributed by atoms with Gasteiger partial charge in [0.1, 0.15) is 0 Å². The summed E-state index contributed by atoms with van der Waals surface area (Å²) in [5, 5.41) is 3.49. The van der Waals surface area contributed by atoms with Crippen molar-refractivity contribution in [2.24, 2.45) is 0 Å². The highest BCUT2D eigenvalue weighted by Gasteiger charge is 2.15. The number of benzene rings is 1. The van der Waals surface area contributed by atoms with Crippen molar-refractivity contribution in [3.63, 3.8) is 0 Å². The van der Waals surface area contributed by atoms with Gasteiger partial charge < -0.3 is 5.32 Å². The van der Waals surface area contributed by atoms with Crippen LogP contribution in [0.1, 0.15) is 24.4 Å². The molecule has 1 aromatic rings. The minimum Gasteiger partial charge on any atom is -0.310 e. The first-order valence-electron chi connectivity index (χ1n) is 4.35. The Morgan fingerprint density at radius 2 is 1.92 bits per heavy atom. The Hall–Kier alpha value is 0.200. The summed E-state index contributed by atoms with van der Waals surface area (Å²) in [5.41, 5.74) is 1.44. The fraction of sp³-hybridized carbons (Fsp3) is 0.400. The van der Waals surface area contributed by atoms with E-state index in [1.54, 1.807) is 0 Å². The lowest BCUT2D eigenvalue weighted by molar-refractivity contribution is 0.647. The summed E-state index contributed by atoms with van der Waals surface area (Å²) in [6.45, 7) is 1.18. The fourth-order valence-electron chi connectivity index (χ4n) is 1.66. The van der Waals surface area contributed by atoms with Gasteiger partial charge in [0.05, 0.1) is 0 Å². The van der Waals surface area contributed by atoms with Crippen LogP contribution in [0.2, 0.25) is 0 Å². The highest BCUT2D eigenvalue weighted by molar-refractivity contribution is 14.1. The van der Waals surface area contributed by atoms with Crippen molar-refractivity contribution >= 4 is 35.0 Å². The van der Waals surface area contributed by atoms with Gasteiger partial charge in [-0.25, -0.2) is 0 Å². The topological polar surface area (TPSA) is 12.0 Å². The van der Waals surface area contributed by atoms with Crippen LogP contribution in [0.4, 0.5) is 0 Å². The SMILES string of the molecule is Cl.Ic1ccc([C@H]2CCCN2)cc1. The second-order valence-corrected chi connectivity index (χ2v) is 4.45. The van der Waals surface area contributed by atoms with Gasteiger partial charge >= 0.3 is 0 Å². The molecular weight excluding hydrogens is 296 g/mol. The zero-order chi connectivity index (χ0) is 8.39. The summed E-state index contributed by atoms with van der Waals surface area (Å²) >= 11 is 2.34. The van der Waals surface area contributed by atoms with Crippen molar-refractivity contribution < 1.29 is 0 Å². The molecule has 0 spiro atoms. The molecule has 1 N–H and O–H groups in total. The maximum atomic E-state index is 3.49. The van der Waals surface area contributed by atoms with Gasteiger partial charge in [-0.05, 0) is 59.7 Å². The van der Waals surface area contributed by atoms with Gasteiger partial charge in [0.15, 0.2) is 0 Å². The Labute approximate surface area is 98.9 Å². The van der Waals surface area contributed by atoms with Crippen LogP contribution in [0.15, 0.2) is 24.3 Å². The number of hydrogen-bond donors (Lipinski definition) is 1. The largest absolute Gasteiger partial charge is 0.310 e. The van der Waals surface area contributed by atoms with Gasteiger partial charge in [0.2, 0.25) is 0 Å². The summed E-state index contributed by atoms with van der Waals surface area (Å²) in [7, 11) is 0. The zero-order valence-corrected chi connectivity index (χ0v) is 10.3. The van der Waals surface area contributed by atoms with Crippen molar-refractivity contribution in [2.75, 3.05) is 6.54 Å². The molecule has 72 valence electrons. The second kappa shape index (κ2) is 5.17. The molecule has 1 heterocycles. The summed E-state index contributed by atoms with van der Waals surface area (Å²) in [5.74, 6) is 0. The second-order valence-electron chi connectivity index (χ2n) is 3.20. The van der Waals surface area contributed by atoms with Crippen molar-refractivity contribution in [3.05, 3.63) is 33.4 Å². The number of rotatable bonds is 1. The fourth-order valence-corrected chi connectivity index (χ4v) is 2.02. The maximum Gasteiger partial charge on any atom is 0.0320 e. The minimum atomic E-state index is 0. The van der Waals surface area contributed by atoms with Gasteiger partial charge in [-0.2, -0.15) is 0 Å². The highest BCUT2D eigenvalue weighted by atomic mass is 127. The first kappa shape index (κ1) is 11.3. The molecule has 1 aromatic carbocycles. The van der Waals surface area contributed by atoms with Crippen LogP contribution in [0.3, 0.4) is 0 Å². The molecule has 13 heavy (non-hydrogen) atoms. The van der Waals surface area contributed by atoms with E-state index in [0.29, 0.717) is 6.04 Å². The molecule has 0 radical (unpaired) electrons. The van der Waals surface area contributed by atoms with Gasteiger partial charge in [-0.3, -0.25) is 0 Å². The molecule has 1 saturated heterocycles. The Morgan fingerprint density at radius 3 is 2.46 bits per heavy atom. The molecule has 1 nitrogen and oxygen atoms in total. The molecule has 2 rings (SSSR count). The highest BCUT2D eigenvalue weighted by Crippen LogP contribution is 2.23. The molecule has 0 saturated carbocycles. The molecule has 0 aromatic heterocycles. The Balaban J connectivity index is 0.000000845. The first-order chi connectivity index (χ1) is 5.86. The van der Waals surface area contributed by atoms with Crippen LogP contribution in [0, 0.1) is 3.57 Å². The van der Waals surface area contributed by atoms with E-state index >= 15 is 0 Å². The third kappa shape index (κ3) is 2.82. The molecule has 3 heteroatoms. The van der Waals surface area contributed by atoms with Crippen molar-refractivity contribution in [1.29, 1.82) is 0 Å². The van der Waals surface area contributed by atoms with E-state index in [0.717, 1.165) is 0 Å². The zero-order valence-electron chi connectivity index (χ0n) is 7.29. The van der Waals surface area contributed by atoms with Crippen molar-refractivity contribution in [1.82, 2.24) is 5.32 Å². The van der Waals surface area contributed by atoms with Gasteiger partial charge in [0, 0.05) is 9.61 Å². The summed E-state index contributed by atoms with van der Waals surface area (Å²) < 4.78 is 1.31. The van der Waals surface area contributed by atoms with Gasteiger partial charge in [-0.1, -0.05) is 12.1 Å². The maximum absolute atomic E-state index is 3.49. The van der Waals surface area contributed by atoms with E-state index in [9.17, 15) is 0 Å².